The Labute approximate surface area is 109 Å². The zero-order valence-corrected chi connectivity index (χ0v) is 11.9. The van der Waals surface area contributed by atoms with Gasteiger partial charge in [-0.3, -0.25) is 9.78 Å². The second kappa shape index (κ2) is 6.34. The minimum Gasteiger partial charge on any atom is -0.387 e. The highest BCUT2D eigenvalue weighted by molar-refractivity contribution is 6.00. The van der Waals surface area contributed by atoms with E-state index >= 15 is 0 Å². The molecule has 0 spiro atoms. The van der Waals surface area contributed by atoms with E-state index in [9.17, 15) is 4.79 Å². The van der Waals surface area contributed by atoms with Crippen LogP contribution < -0.4 is 5.32 Å². The van der Waals surface area contributed by atoms with Gasteiger partial charge in [0.1, 0.15) is 0 Å². The minimum atomic E-state index is 0.0855. The first kappa shape index (κ1) is 14.4. The fraction of sp³-hybridized carbons (Fsp3) is 0.467. The number of ketones is 1. The van der Waals surface area contributed by atoms with E-state index in [2.05, 4.69) is 17.2 Å². The predicted molar refractivity (Wildman–Crippen MR) is 75.3 cm³/mol. The topological polar surface area (TPSA) is 42.0 Å². The maximum atomic E-state index is 11.5. The van der Waals surface area contributed by atoms with Crippen molar-refractivity contribution in [1.29, 1.82) is 0 Å². The minimum absolute atomic E-state index is 0.0855. The molecule has 0 radical (unpaired) electrons. The number of Topliss-reactive ketones (excluding diaryl/α,β-unsaturated/α-hetero) is 1. The molecule has 0 fully saturated rings. The fourth-order valence-electron chi connectivity index (χ4n) is 1.97. The van der Waals surface area contributed by atoms with Crippen LogP contribution in [0.25, 0.3) is 5.70 Å². The number of aromatic nitrogens is 1. The molecular formula is C15H22N2O. The van der Waals surface area contributed by atoms with Gasteiger partial charge in [0.25, 0.3) is 0 Å². The summed E-state index contributed by atoms with van der Waals surface area (Å²) in [5.41, 5.74) is 4.75. The molecule has 0 amide bonds. The van der Waals surface area contributed by atoms with Crippen molar-refractivity contribution >= 4 is 11.5 Å². The fourth-order valence-corrected chi connectivity index (χ4v) is 1.97. The Morgan fingerprint density at radius 2 is 2.00 bits per heavy atom. The Hall–Kier alpha value is -1.64. The lowest BCUT2D eigenvalue weighted by Gasteiger charge is -2.14. The molecule has 0 aliphatic rings. The molecule has 98 valence electrons. The molecule has 0 aliphatic heterocycles. The van der Waals surface area contributed by atoms with Crippen molar-refractivity contribution in [2.45, 2.75) is 40.5 Å². The van der Waals surface area contributed by atoms with E-state index in [4.69, 9.17) is 0 Å². The summed E-state index contributed by atoms with van der Waals surface area (Å²) in [4.78, 5) is 16.1. The van der Waals surface area contributed by atoms with Crippen molar-refractivity contribution in [3.8, 4) is 0 Å². The number of hydrogen-bond acceptors (Lipinski definition) is 3. The van der Waals surface area contributed by atoms with Crippen LogP contribution in [0.15, 0.2) is 17.7 Å². The van der Waals surface area contributed by atoms with Gasteiger partial charge in [-0.25, -0.2) is 0 Å². The molecule has 1 aromatic heterocycles. The molecule has 1 aromatic rings. The summed E-state index contributed by atoms with van der Waals surface area (Å²) < 4.78 is 0. The Kier molecular flexibility index (Phi) is 5.08. The van der Waals surface area contributed by atoms with Gasteiger partial charge in [-0.2, -0.15) is 0 Å². The zero-order valence-electron chi connectivity index (χ0n) is 11.9. The lowest BCUT2D eigenvalue weighted by Crippen LogP contribution is -2.13. The van der Waals surface area contributed by atoms with Crippen molar-refractivity contribution in [1.82, 2.24) is 10.3 Å². The van der Waals surface area contributed by atoms with Crippen molar-refractivity contribution in [2.24, 2.45) is 0 Å². The number of aryl methyl sites for hydroxylation is 2. The van der Waals surface area contributed by atoms with E-state index in [0.29, 0.717) is 0 Å². The third-order valence-corrected chi connectivity index (χ3v) is 3.02. The second-order valence-corrected chi connectivity index (χ2v) is 4.50. The first-order chi connectivity index (χ1) is 8.51. The van der Waals surface area contributed by atoms with Gasteiger partial charge in [-0.05, 0) is 39.3 Å². The predicted octanol–water partition coefficient (Wildman–Crippen LogP) is 2.88. The van der Waals surface area contributed by atoms with Gasteiger partial charge < -0.3 is 5.32 Å². The van der Waals surface area contributed by atoms with E-state index in [1.165, 1.54) is 0 Å². The summed E-state index contributed by atoms with van der Waals surface area (Å²) >= 11 is 0. The van der Waals surface area contributed by atoms with Crippen LogP contribution in [-0.4, -0.2) is 17.8 Å². The first-order valence-corrected chi connectivity index (χ1v) is 6.37. The molecule has 1 heterocycles. The van der Waals surface area contributed by atoms with E-state index in [-0.39, 0.29) is 5.78 Å². The Morgan fingerprint density at radius 3 is 2.50 bits per heavy atom. The Morgan fingerprint density at radius 1 is 1.33 bits per heavy atom. The van der Waals surface area contributed by atoms with Crippen LogP contribution in [0.2, 0.25) is 0 Å². The maximum Gasteiger partial charge on any atom is 0.157 e. The molecule has 1 rings (SSSR count). The maximum absolute atomic E-state index is 11.5. The van der Waals surface area contributed by atoms with Crippen molar-refractivity contribution < 1.29 is 4.79 Å². The molecule has 3 nitrogen and oxygen atoms in total. The van der Waals surface area contributed by atoms with Crippen molar-refractivity contribution in [3.05, 3.63) is 34.7 Å². The summed E-state index contributed by atoms with van der Waals surface area (Å²) in [5.74, 6) is 0.0855. The van der Waals surface area contributed by atoms with Crippen LogP contribution >= 0.6 is 0 Å². The van der Waals surface area contributed by atoms with Crippen LogP contribution in [0, 0.1) is 6.92 Å². The lowest BCUT2D eigenvalue weighted by atomic mass is 10.0. The normalized spacial score (nSPS) is 12.1. The molecular weight excluding hydrogens is 224 g/mol. The number of nitrogens with zero attached hydrogens (tertiary/aromatic N) is 1. The van der Waals surface area contributed by atoms with E-state index in [0.717, 1.165) is 41.1 Å². The van der Waals surface area contributed by atoms with Crippen molar-refractivity contribution in [2.75, 3.05) is 7.05 Å². The van der Waals surface area contributed by atoms with Gasteiger partial charge in [-0.1, -0.05) is 13.3 Å². The van der Waals surface area contributed by atoms with Crippen LogP contribution in [0.3, 0.4) is 0 Å². The molecule has 18 heavy (non-hydrogen) atoms. The molecule has 3 heteroatoms. The number of hydrogen-bond donors (Lipinski definition) is 1. The van der Waals surface area contributed by atoms with Gasteiger partial charge in [0, 0.05) is 35.3 Å². The SMILES string of the molecule is CCCc1nc(C)ccc1/C(NC)=C(\C)C(C)=O. The second-order valence-electron chi connectivity index (χ2n) is 4.50. The summed E-state index contributed by atoms with van der Waals surface area (Å²) in [6, 6.07) is 4.03. The molecule has 0 saturated heterocycles. The Balaban J connectivity index is 3.38. The molecule has 0 unspecified atom stereocenters. The van der Waals surface area contributed by atoms with Gasteiger partial charge in [0.2, 0.25) is 0 Å². The highest BCUT2D eigenvalue weighted by Crippen LogP contribution is 2.21. The molecule has 1 N–H and O–H groups in total. The van der Waals surface area contributed by atoms with Crippen LogP contribution in [0.4, 0.5) is 0 Å². The molecule has 0 aromatic carbocycles. The average molecular weight is 246 g/mol. The average Bonchev–Trinajstić information content (AvgIpc) is 2.32. The smallest absolute Gasteiger partial charge is 0.157 e. The van der Waals surface area contributed by atoms with E-state index in [1.54, 1.807) is 6.92 Å². The Bertz CT molecular complexity index is 475. The first-order valence-electron chi connectivity index (χ1n) is 6.37. The molecule has 0 saturated carbocycles. The standard InChI is InChI=1S/C15H22N2O/c1-6-7-14-13(9-8-10(2)17-14)15(16-5)11(3)12(4)18/h8-9,16H,6-7H2,1-5H3/b15-11-. The molecule has 0 bridgehead atoms. The zero-order chi connectivity index (χ0) is 13.7. The number of pyridine rings is 1. The molecule has 0 atom stereocenters. The summed E-state index contributed by atoms with van der Waals surface area (Å²) in [6.07, 6.45) is 1.97. The van der Waals surface area contributed by atoms with Gasteiger partial charge in [0.15, 0.2) is 5.78 Å². The highest BCUT2D eigenvalue weighted by Gasteiger charge is 2.12. The van der Waals surface area contributed by atoms with E-state index in [1.807, 2.05) is 33.0 Å². The summed E-state index contributed by atoms with van der Waals surface area (Å²) in [6.45, 7) is 7.56. The van der Waals surface area contributed by atoms with Gasteiger partial charge in [-0.15, -0.1) is 0 Å². The van der Waals surface area contributed by atoms with Gasteiger partial charge in [0.05, 0.1) is 0 Å². The van der Waals surface area contributed by atoms with Crippen LogP contribution in [-0.2, 0) is 11.2 Å². The number of allylic oxidation sites excluding steroid dienone is 1. The summed E-state index contributed by atoms with van der Waals surface area (Å²) in [7, 11) is 1.84. The van der Waals surface area contributed by atoms with Crippen LogP contribution in [0.1, 0.15) is 44.1 Å². The third kappa shape index (κ3) is 3.19. The van der Waals surface area contributed by atoms with Crippen molar-refractivity contribution in [3.63, 3.8) is 0 Å². The highest BCUT2D eigenvalue weighted by atomic mass is 16.1. The largest absolute Gasteiger partial charge is 0.387 e. The third-order valence-electron chi connectivity index (χ3n) is 3.02. The number of rotatable bonds is 5. The monoisotopic (exact) mass is 246 g/mol. The number of carbonyl (C=O) groups excluding carboxylic acids is 1. The van der Waals surface area contributed by atoms with Gasteiger partial charge >= 0.3 is 0 Å². The van der Waals surface area contributed by atoms with Crippen LogP contribution in [0.5, 0.6) is 0 Å². The number of nitrogens with one attached hydrogen (secondary N) is 1. The molecule has 0 aliphatic carbocycles. The summed E-state index contributed by atoms with van der Waals surface area (Å²) in [5, 5.41) is 3.14. The quantitative estimate of drug-likeness (QED) is 0.812. The lowest BCUT2D eigenvalue weighted by molar-refractivity contribution is -0.113. The number of carbonyl (C=O) groups is 1. The van der Waals surface area contributed by atoms with E-state index < -0.39 is 0 Å².